The summed E-state index contributed by atoms with van der Waals surface area (Å²) in [6.07, 6.45) is 4.75. The number of hydrogen-bond acceptors (Lipinski definition) is 9. The average Bonchev–Trinajstić information content (AvgIpc) is 2.82. The fourth-order valence-electron chi connectivity index (χ4n) is 3.27. The zero-order chi connectivity index (χ0) is 27.5. The molecule has 208 valence electrons. The smallest absolute Gasteiger partial charge is 0.326 e. The highest BCUT2D eigenvalue weighted by atomic mass is 32.2. The average molecular weight is 534 g/mol. The summed E-state index contributed by atoms with van der Waals surface area (Å²) in [7, 11) is 0. The largest absolute Gasteiger partial charge is 0.480 e. The molecule has 0 fully saturated rings. The Morgan fingerprint density at radius 1 is 0.750 bits per heavy atom. The third-order valence-corrected chi connectivity index (χ3v) is 6.07. The zero-order valence-electron chi connectivity index (χ0n) is 21.0. The van der Waals surface area contributed by atoms with Crippen molar-refractivity contribution < 1.29 is 29.1 Å². The molecule has 0 saturated carbocycles. The third kappa shape index (κ3) is 14.9. The van der Waals surface area contributed by atoms with Crippen LogP contribution in [0.5, 0.6) is 0 Å². The lowest BCUT2D eigenvalue weighted by Crippen LogP contribution is -2.57. The highest BCUT2D eigenvalue weighted by Gasteiger charge is 2.30. The molecule has 4 unspecified atom stereocenters. The van der Waals surface area contributed by atoms with E-state index in [0.717, 1.165) is 0 Å². The quantitative estimate of drug-likeness (QED) is 0.0763. The summed E-state index contributed by atoms with van der Waals surface area (Å²) in [5.74, 6) is -3.27. The number of carboxylic acid groups (broad SMARTS) is 1. The monoisotopic (exact) mass is 533 g/mol. The normalized spacial score (nSPS) is 14.2. The number of nitrogens with one attached hydrogen (secondary N) is 3. The summed E-state index contributed by atoms with van der Waals surface area (Å²) in [5.41, 5.74) is 22.1. The lowest BCUT2D eigenvalue weighted by atomic mass is 10.0. The van der Waals surface area contributed by atoms with Crippen LogP contribution >= 0.6 is 11.8 Å². The highest BCUT2D eigenvalue weighted by Crippen LogP contribution is 2.07. The van der Waals surface area contributed by atoms with Crippen LogP contribution in [-0.2, 0) is 24.0 Å². The first-order valence-corrected chi connectivity index (χ1v) is 13.5. The van der Waals surface area contributed by atoms with Crippen molar-refractivity contribution in [1.82, 2.24) is 16.0 Å². The lowest BCUT2D eigenvalue weighted by molar-refractivity contribution is -0.142. The second-order valence-electron chi connectivity index (χ2n) is 8.48. The number of carboxylic acids is 1. The van der Waals surface area contributed by atoms with Gasteiger partial charge in [-0.3, -0.25) is 19.2 Å². The van der Waals surface area contributed by atoms with E-state index in [1.165, 1.54) is 11.8 Å². The Morgan fingerprint density at radius 2 is 1.25 bits per heavy atom. The Bertz CT molecular complexity index is 712. The van der Waals surface area contributed by atoms with Crippen molar-refractivity contribution in [2.45, 2.75) is 82.0 Å². The number of carbonyl (C=O) groups is 5. The Kier molecular flexibility index (Phi) is 18.4. The van der Waals surface area contributed by atoms with Crippen molar-refractivity contribution >= 4 is 41.4 Å². The van der Waals surface area contributed by atoms with Crippen molar-refractivity contribution in [1.29, 1.82) is 0 Å². The van der Waals surface area contributed by atoms with Crippen LogP contribution in [0.15, 0.2) is 0 Å². The number of rotatable bonds is 21. The molecule has 0 aromatic heterocycles. The molecule has 36 heavy (non-hydrogen) atoms. The van der Waals surface area contributed by atoms with Crippen LogP contribution in [-0.4, -0.2) is 84.0 Å². The lowest BCUT2D eigenvalue weighted by Gasteiger charge is -2.25. The van der Waals surface area contributed by atoms with Crippen molar-refractivity contribution in [2.75, 3.05) is 25.1 Å². The van der Waals surface area contributed by atoms with Crippen molar-refractivity contribution in [3.63, 3.8) is 0 Å². The van der Waals surface area contributed by atoms with Crippen molar-refractivity contribution in [2.24, 2.45) is 22.9 Å². The highest BCUT2D eigenvalue weighted by molar-refractivity contribution is 7.98. The van der Waals surface area contributed by atoms with Gasteiger partial charge >= 0.3 is 5.97 Å². The van der Waals surface area contributed by atoms with Gasteiger partial charge in [-0.1, -0.05) is 6.42 Å². The van der Waals surface area contributed by atoms with E-state index in [0.29, 0.717) is 50.9 Å². The minimum atomic E-state index is -1.18. The Labute approximate surface area is 216 Å². The minimum absolute atomic E-state index is 0.0922. The van der Waals surface area contributed by atoms with E-state index in [2.05, 4.69) is 16.0 Å². The number of thioether (sulfide) groups is 1. The van der Waals surface area contributed by atoms with Crippen LogP contribution in [0.1, 0.15) is 57.8 Å². The molecule has 0 aromatic carbocycles. The van der Waals surface area contributed by atoms with Gasteiger partial charge < -0.3 is 44.0 Å². The number of nitrogens with two attached hydrogens (primary N) is 4. The van der Waals surface area contributed by atoms with Crippen LogP contribution in [0.4, 0.5) is 0 Å². The van der Waals surface area contributed by atoms with E-state index in [4.69, 9.17) is 22.9 Å². The van der Waals surface area contributed by atoms with Gasteiger partial charge in [-0.25, -0.2) is 4.79 Å². The van der Waals surface area contributed by atoms with Gasteiger partial charge in [-0.05, 0) is 70.0 Å². The third-order valence-electron chi connectivity index (χ3n) is 5.42. The zero-order valence-corrected chi connectivity index (χ0v) is 21.8. The second kappa shape index (κ2) is 19.7. The Morgan fingerprint density at radius 3 is 1.75 bits per heavy atom. The molecule has 12 N–H and O–H groups in total. The SMILES string of the molecule is CSCCC(NC(=O)C(CCCCN)NC(=O)C(CCC(N)=O)NC(=O)C(N)CCCCN)C(=O)O. The summed E-state index contributed by atoms with van der Waals surface area (Å²) in [6, 6.07) is -4.22. The maximum atomic E-state index is 13.1. The van der Waals surface area contributed by atoms with Crippen molar-refractivity contribution in [3.8, 4) is 0 Å². The first-order chi connectivity index (χ1) is 17.1. The predicted octanol–water partition coefficient (Wildman–Crippen LogP) is -1.87. The minimum Gasteiger partial charge on any atom is -0.480 e. The molecule has 0 spiro atoms. The van der Waals surface area contributed by atoms with Gasteiger partial charge in [-0.2, -0.15) is 11.8 Å². The van der Waals surface area contributed by atoms with E-state index < -0.39 is 53.8 Å². The Balaban J connectivity index is 5.48. The molecule has 4 amide bonds. The van der Waals surface area contributed by atoms with Gasteiger partial charge in [0.15, 0.2) is 0 Å². The molecule has 0 bridgehead atoms. The maximum absolute atomic E-state index is 13.1. The van der Waals surface area contributed by atoms with E-state index in [1.807, 2.05) is 6.26 Å². The molecular weight excluding hydrogens is 490 g/mol. The van der Waals surface area contributed by atoms with Crippen LogP contribution in [0.2, 0.25) is 0 Å². The van der Waals surface area contributed by atoms with E-state index in [9.17, 15) is 29.1 Å². The number of hydrogen-bond donors (Lipinski definition) is 8. The summed E-state index contributed by atoms with van der Waals surface area (Å²) in [4.78, 5) is 61.3. The molecule has 0 aliphatic rings. The number of amides is 4. The van der Waals surface area contributed by atoms with Gasteiger partial charge in [0.05, 0.1) is 6.04 Å². The fraction of sp³-hybridized carbons (Fsp3) is 0.773. The molecule has 0 aliphatic carbocycles. The number of carbonyl (C=O) groups excluding carboxylic acids is 4. The first kappa shape index (κ1) is 33.6. The van der Waals surface area contributed by atoms with Crippen LogP contribution in [0, 0.1) is 0 Å². The molecule has 14 heteroatoms. The van der Waals surface area contributed by atoms with Crippen LogP contribution < -0.4 is 38.9 Å². The van der Waals surface area contributed by atoms with Gasteiger partial charge in [0.25, 0.3) is 0 Å². The summed E-state index contributed by atoms with van der Waals surface area (Å²) < 4.78 is 0. The maximum Gasteiger partial charge on any atom is 0.326 e. The molecule has 0 saturated heterocycles. The Hall–Kier alpha value is -2.42. The standard InChI is InChI=1S/C22H43N7O6S/c1-36-13-10-17(22(34)35)29-20(32)15(7-3-5-12-24)28-21(33)16(8-9-18(26)30)27-19(31)14(25)6-2-4-11-23/h14-17H,2-13,23-25H2,1H3,(H2,26,30)(H,27,31)(H,28,33)(H,29,32)(H,34,35). The number of aliphatic carboxylic acids is 1. The molecule has 0 heterocycles. The van der Waals surface area contributed by atoms with E-state index in [-0.39, 0.29) is 25.7 Å². The first-order valence-electron chi connectivity index (χ1n) is 12.1. The number of unbranched alkanes of at least 4 members (excludes halogenated alkanes) is 2. The van der Waals surface area contributed by atoms with Crippen LogP contribution in [0.25, 0.3) is 0 Å². The summed E-state index contributed by atoms with van der Waals surface area (Å²) >= 11 is 1.44. The molecule has 4 atom stereocenters. The summed E-state index contributed by atoms with van der Waals surface area (Å²) in [6.45, 7) is 0.846. The van der Waals surface area contributed by atoms with Gasteiger partial charge in [0.1, 0.15) is 18.1 Å². The van der Waals surface area contributed by atoms with E-state index >= 15 is 0 Å². The van der Waals surface area contributed by atoms with Gasteiger partial charge in [-0.15, -0.1) is 0 Å². The topological polar surface area (TPSA) is 246 Å². The number of primary amides is 1. The predicted molar refractivity (Wildman–Crippen MR) is 139 cm³/mol. The van der Waals surface area contributed by atoms with Gasteiger partial charge in [0.2, 0.25) is 23.6 Å². The summed E-state index contributed by atoms with van der Waals surface area (Å²) in [5, 5.41) is 17.0. The molecular formula is C22H43N7O6S. The van der Waals surface area contributed by atoms with Crippen molar-refractivity contribution in [3.05, 3.63) is 0 Å². The van der Waals surface area contributed by atoms with Crippen LogP contribution in [0.3, 0.4) is 0 Å². The molecule has 0 radical (unpaired) electrons. The molecule has 13 nitrogen and oxygen atoms in total. The molecule has 0 aromatic rings. The molecule has 0 rings (SSSR count). The molecule has 0 aliphatic heterocycles. The van der Waals surface area contributed by atoms with Gasteiger partial charge in [0, 0.05) is 6.42 Å². The second-order valence-corrected chi connectivity index (χ2v) is 9.47. The van der Waals surface area contributed by atoms with E-state index in [1.54, 1.807) is 0 Å². The fourth-order valence-corrected chi connectivity index (χ4v) is 3.74.